The molecule has 0 saturated heterocycles. The number of rotatable bonds is 13. The maximum Gasteiger partial charge on any atom is 0.112 e. The van der Waals surface area contributed by atoms with E-state index in [1.165, 1.54) is 87.1 Å². The van der Waals surface area contributed by atoms with Gasteiger partial charge in [-0.15, -0.1) is 0 Å². The zero-order valence-electron chi connectivity index (χ0n) is 18.7. The first-order valence-electron chi connectivity index (χ1n) is 11.4. The lowest BCUT2D eigenvalue weighted by Gasteiger charge is -2.37. The molecule has 2 rings (SSSR count). The number of hydrogen-bond donors (Lipinski definition) is 0. The Hall–Kier alpha value is -1.05. The highest BCUT2D eigenvalue weighted by Crippen LogP contribution is 2.31. The van der Waals surface area contributed by atoms with Gasteiger partial charge in [0.25, 0.3) is 0 Å². The van der Waals surface area contributed by atoms with Crippen LogP contribution in [0.4, 0.5) is 0 Å². The molecule has 2 heteroatoms. The molecular weight excluding hydrogens is 362 g/mol. The fourth-order valence-electron chi connectivity index (χ4n) is 4.19. The van der Waals surface area contributed by atoms with E-state index in [9.17, 15) is 0 Å². The first-order valence-corrected chi connectivity index (χ1v) is 11.4. The van der Waals surface area contributed by atoms with E-state index in [1.807, 2.05) is 0 Å². The van der Waals surface area contributed by atoms with Crippen LogP contribution >= 0.6 is 0 Å². The van der Waals surface area contributed by atoms with Gasteiger partial charge in [-0.3, -0.25) is 0 Å². The Morgan fingerprint density at radius 3 is 1.89 bits per heavy atom. The molecule has 2 aromatic carbocycles. The monoisotopic (exact) mass is 403 g/mol. The van der Waals surface area contributed by atoms with Gasteiger partial charge in [-0.05, 0) is 30.5 Å². The Bertz CT molecular complexity index is 659. The third-order valence-electron chi connectivity index (χ3n) is 6.41. The van der Waals surface area contributed by atoms with Crippen molar-refractivity contribution in [2.75, 3.05) is 20.6 Å². The summed E-state index contributed by atoms with van der Waals surface area (Å²) in [5, 5.41) is 2.78. The first-order chi connectivity index (χ1) is 13.1. The van der Waals surface area contributed by atoms with Gasteiger partial charge >= 0.3 is 0 Å². The molecule has 1 nitrogen and oxygen atoms in total. The number of fused-ring (bicyclic) bond motifs is 1. The van der Waals surface area contributed by atoms with Crippen molar-refractivity contribution in [3.63, 3.8) is 0 Å². The maximum absolute atomic E-state index is 2.40. The van der Waals surface area contributed by atoms with Crippen LogP contribution < -0.4 is 12.4 Å². The normalized spacial score (nSPS) is 12.7. The minimum atomic E-state index is 0. The van der Waals surface area contributed by atoms with Crippen molar-refractivity contribution in [1.82, 2.24) is 0 Å². The lowest BCUT2D eigenvalue weighted by Crippen LogP contribution is -3.00. The molecule has 0 radical (unpaired) electrons. The number of quaternary nitrogens is 1. The van der Waals surface area contributed by atoms with E-state index < -0.39 is 0 Å². The molecule has 0 aliphatic carbocycles. The molecule has 2 aromatic rings. The number of unbranched alkanes of at least 4 members (excludes halogenated alkanes) is 9. The lowest BCUT2D eigenvalue weighted by atomic mass is 9.97. The second kappa shape index (κ2) is 13.2. The van der Waals surface area contributed by atoms with Gasteiger partial charge < -0.3 is 16.9 Å². The molecule has 0 aromatic heterocycles. The Balaban J connectivity index is 0.00000392. The van der Waals surface area contributed by atoms with Crippen LogP contribution in [0.15, 0.2) is 42.5 Å². The van der Waals surface area contributed by atoms with E-state index >= 15 is 0 Å². The van der Waals surface area contributed by atoms with Crippen LogP contribution in [0.1, 0.15) is 89.7 Å². The quantitative estimate of drug-likeness (QED) is 0.329. The molecule has 0 aliphatic rings. The summed E-state index contributed by atoms with van der Waals surface area (Å²) in [6, 6.07) is 16.1. The van der Waals surface area contributed by atoms with Crippen molar-refractivity contribution in [1.29, 1.82) is 0 Å². The van der Waals surface area contributed by atoms with E-state index in [2.05, 4.69) is 70.4 Å². The van der Waals surface area contributed by atoms with Gasteiger partial charge in [-0.25, -0.2) is 0 Å². The van der Waals surface area contributed by atoms with Crippen molar-refractivity contribution in [2.45, 2.75) is 84.1 Å². The summed E-state index contributed by atoms with van der Waals surface area (Å²) < 4.78 is 1.07. The molecule has 0 N–H and O–H groups in total. The SMILES string of the molecule is CCCCCCCCCCCC[N+](C)(C)C(C)c1cccc2ccccc12.[Cl-]. The second-order valence-electron chi connectivity index (χ2n) is 8.93. The average Bonchev–Trinajstić information content (AvgIpc) is 2.68. The number of nitrogens with zero attached hydrogens (tertiary/aromatic N) is 1. The van der Waals surface area contributed by atoms with Crippen molar-refractivity contribution in [3.05, 3.63) is 48.0 Å². The highest BCUT2D eigenvalue weighted by Gasteiger charge is 2.26. The van der Waals surface area contributed by atoms with E-state index in [4.69, 9.17) is 0 Å². The lowest BCUT2D eigenvalue weighted by molar-refractivity contribution is -0.919. The van der Waals surface area contributed by atoms with Gasteiger partial charge in [0.1, 0.15) is 6.04 Å². The van der Waals surface area contributed by atoms with Crippen molar-refractivity contribution >= 4 is 10.8 Å². The molecule has 0 bridgehead atoms. The topological polar surface area (TPSA) is 0 Å². The highest BCUT2D eigenvalue weighted by atomic mass is 35.5. The molecule has 0 aliphatic heterocycles. The van der Waals surface area contributed by atoms with E-state index in [-0.39, 0.29) is 12.4 Å². The summed E-state index contributed by atoms with van der Waals surface area (Å²) in [5.41, 5.74) is 1.49. The maximum atomic E-state index is 2.40. The smallest absolute Gasteiger partial charge is 0.112 e. The summed E-state index contributed by atoms with van der Waals surface area (Å²) in [6.07, 6.45) is 14.1. The van der Waals surface area contributed by atoms with Crippen LogP contribution in [0.2, 0.25) is 0 Å². The summed E-state index contributed by atoms with van der Waals surface area (Å²) >= 11 is 0. The van der Waals surface area contributed by atoms with E-state index in [0.717, 1.165) is 4.48 Å². The molecule has 0 fully saturated rings. The van der Waals surface area contributed by atoms with Gasteiger partial charge in [0, 0.05) is 5.56 Å². The summed E-state index contributed by atoms with van der Waals surface area (Å²) in [5.74, 6) is 0. The van der Waals surface area contributed by atoms with Gasteiger partial charge in [0.15, 0.2) is 0 Å². The van der Waals surface area contributed by atoms with Crippen molar-refractivity contribution < 1.29 is 16.9 Å². The van der Waals surface area contributed by atoms with Crippen LogP contribution in [0.5, 0.6) is 0 Å². The fourth-order valence-corrected chi connectivity index (χ4v) is 4.19. The zero-order chi connectivity index (χ0) is 19.5. The molecule has 158 valence electrons. The predicted molar refractivity (Wildman–Crippen MR) is 121 cm³/mol. The third-order valence-corrected chi connectivity index (χ3v) is 6.41. The molecule has 1 unspecified atom stereocenters. The number of benzene rings is 2. The summed E-state index contributed by atoms with van der Waals surface area (Å²) in [7, 11) is 4.81. The third kappa shape index (κ3) is 7.76. The zero-order valence-corrected chi connectivity index (χ0v) is 19.5. The minimum Gasteiger partial charge on any atom is -1.00 e. The van der Waals surface area contributed by atoms with Gasteiger partial charge in [-0.2, -0.15) is 0 Å². The number of halogens is 1. The van der Waals surface area contributed by atoms with Crippen LogP contribution in [0.3, 0.4) is 0 Å². The molecule has 0 spiro atoms. The van der Waals surface area contributed by atoms with Crippen LogP contribution in [0.25, 0.3) is 10.8 Å². The van der Waals surface area contributed by atoms with Crippen molar-refractivity contribution in [2.24, 2.45) is 0 Å². The Kier molecular flexibility index (Phi) is 11.8. The Morgan fingerprint density at radius 2 is 1.25 bits per heavy atom. The average molecular weight is 404 g/mol. The summed E-state index contributed by atoms with van der Waals surface area (Å²) in [4.78, 5) is 0. The van der Waals surface area contributed by atoms with Crippen LogP contribution in [-0.2, 0) is 0 Å². The molecule has 1 atom stereocenters. The molecule has 0 amide bonds. The predicted octanol–water partition coefficient (Wildman–Crippen LogP) is 4.90. The first kappa shape index (κ1) is 25.0. The second-order valence-corrected chi connectivity index (χ2v) is 8.93. The van der Waals surface area contributed by atoms with Gasteiger partial charge in [0.05, 0.1) is 20.6 Å². The van der Waals surface area contributed by atoms with Gasteiger partial charge in [-0.1, -0.05) is 101 Å². The van der Waals surface area contributed by atoms with Crippen LogP contribution in [-0.4, -0.2) is 25.1 Å². The molecular formula is C26H42ClN. The fraction of sp³-hybridized carbons (Fsp3) is 0.615. The Morgan fingerprint density at radius 1 is 0.714 bits per heavy atom. The van der Waals surface area contributed by atoms with Crippen molar-refractivity contribution in [3.8, 4) is 0 Å². The summed E-state index contributed by atoms with van der Waals surface area (Å²) in [6.45, 7) is 5.96. The van der Waals surface area contributed by atoms with Crippen LogP contribution in [0, 0.1) is 0 Å². The van der Waals surface area contributed by atoms with Gasteiger partial charge in [0.2, 0.25) is 0 Å². The molecule has 0 heterocycles. The highest BCUT2D eigenvalue weighted by molar-refractivity contribution is 5.85. The molecule has 0 saturated carbocycles. The van der Waals surface area contributed by atoms with E-state index in [0.29, 0.717) is 6.04 Å². The largest absolute Gasteiger partial charge is 1.00 e. The number of hydrogen-bond acceptors (Lipinski definition) is 0. The standard InChI is InChI=1S/C26H42N.ClH/c1-5-6-7-8-9-10-11-12-13-16-22-27(3,4)23(2)25-21-17-19-24-18-14-15-20-26(24)25;/h14-15,17-21,23H,5-13,16,22H2,1-4H3;1H/q+1;/p-1. The Labute approximate surface area is 180 Å². The molecule has 28 heavy (non-hydrogen) atoms. The van der Waals surface area contributed by atoms with E-state index in [1.54, 1.807) is 0 Å². The minimum absolute atomic E-state index is 0.